The van der Waals surface area contributed by atoms with Gasteiger partial charge < -0.3 is 21.5 Å². The summed E-state index contributed by atoms with van der Waals surface area (Å²) >= 11 is 6.28. The Balaban J connectivity index is 1.98. The highest BCUT2D eigenvalue weighted by Crippen LogP contribution is 2.31. The molecule has 1 heterocycles. The third-order valence-corrected chi connectivity index (χ3v) is 5.51. The number of amides is 4. The number of thiocarbonyl (C=S) groups is 1. The number of thioether (sulfide) groups is 1. The van der Waals surface area contributed by atoms with Crippen LogP contribution in [-0.4, -0.2) is 57.8 Å². The number of aliphatic carboxylic acids is 1. The van der Waals surface area contributed by atoms with Crippen LogP contribution in [0.25, 0.3) is 6.08 Å². The third kappa shape index (κ3) is 6.29. The van der Waals surface area contributed by atoms with E-state index in [0.717, 1.165) is 0 Å². The van der Waals surface area contributed by atoms with Gasteiger partial charge in [-0.15, -0.1) is 0 Å². The van der Waals surface area contributed by atoms with E-state index in [4.69, 9.17) is 18.0 Å². The molecule has 9 nitrogen and oxygen atoms in total. The Morgan fingerprint density at radius 2 is 1.97 bits per heavy atom. The summed E-state index contributed by atoms with van der Waals surface area (Å²) in [5.41, 5.74) is 5.94. The highest BCUT2D eigenvalue weighted by Gasteiger charge is 2.28. The van der Waals surface area contributed by atoms with Gasteiger partial charge in [0, 0.05) is 19.2 Å². The molecule has 2 rings (SSSR count). The van der Waals surface area contributed by atoms with Crippen LogP contribution >= 0.6 is 24.0 Å². The predicted octanol–water partition coefficient (Wildman–Crippen LogP) is 1.15. The largest absolute Gasteiger partial charge is 0.480 e. The molecule has 29 heavy (non-hydrogen) atoms. The number of primary amides is 1. The van der Waals surface area contributed by atoms with Crippen molar-refractivity contribution in [1.82, 2.24) is 15.5 Å². The van der Waals surface area contributed by atoms with Crippen molar-refractivity contribution in [2.75, 3.05) is 13.6 Å². The van der Waals surface area contributed by atoms with E-state index < -0.39 is 23.9 Å². The summed E-state index contributed by atoms with van der Waals surface area (Å²) in [5.74, 6) is -1.89. The first kappa shape index (κ1) is 22.4. The molecule has 154 valence electrons. The number of carboxylic acids is 1. The molecule has 1 unspecified atom stereocenters. The van der Waals surface area contributed by atoms with E-state index in [1.165, 1.54) is 16.7 Å². The molecule has 1 aromatic carbocycles. The van der Waals surface area contributed by atoms with E-state index in [9.17, 15) is 24.3 Å². The monoisotopic (exact) mass is 436 g/mol. The lowest BCUT2D eigenvalue weighted by molar-refractivity contribution is -0.139. The second kappa shape index (κ2) is 10.0. The molecule has 5 N–H and O–H groups in total. The Kier molecular flexibility index (Phi) is 7.74. The van der Waals surface area contributed by atoms with E-state index in [1.807, 2.05) is 0 Å². The second-order valence-corrected chi connectivity index (χ2v) is 7.84. The SMILES string of the molecule is CN1C(=O)/C(=C\c2ccc(C(=O)NC(CCCNC(N)=O)C(=O)O)cc2)SC1=S. The van der Waals surface area contributed by atoms with Gasteiger partial charge in [0.1, 0.15) is 10.4 Å². The number of urea groups is 1. The highest BCUT2D eigenvalue weighted by molar-refractivity contribution is 8.26. The average molecular weight is 437 g/mol. The standard InChI is InChI=1S/C18H20N4O5S2/c1-22-15(24)13(29-18(22)28)9-10-4-6-11(7-5-10)14(23)21-12(16(25)26)3-2-8-20-17(19)27/h4-7,9,12H,2-3,8H2,1H3,(H,21,23)(H,25,26)(H3,19,20,27)/b13-9+. The van der Waals surface area contributed by atoms with Crippen LogP contribution in [0.15, 0.2) is 29.2 Å². The first-order chi connectivity index (χ1) is 13.7. The normalized spacial score (nSPS) is 16.0. The molecule has 0 aliphatic carbocycles. The van der Waals surface area contributed by atoms with Crippen LogP contribution in [0.3, 0.4) is 0 Å². The third-order valence-electron chi connectivity index (χ3n) is 4.03. The minimum atomic E-state index is -1.17. The molecular weight excluding hydrogens is 416 g/mol. The topological polar surface area (TPSA) is 142 Å². The molecule has 11 heteroatoms. The quantitative estimate of drug-likeness (QED) is 0.272. The van der Waals surface area contributed by atoms with E-state index >= 15 is 0 Å². The Labute approximate surface area is 176 Å². The van der Waals surface area contributed by atoms with E-state index in [-0.39, 0.29) is 24.4 Å². The van der Waals surface area contributed by atoms with Gasteiger partial charge in [0.05, 0.1) is 4.91 Å². The first-order valence-corrected chi connectivity index (χ1v) is 9.80. The van der Waals surface area contributed by atoms with E-state index in [2.05, 4.69) is 10.6 Å². The molecule has 0 bridgehead atoms. The summed E-state index contributed by atoms with van der Waals surface area (Å²) < 4.78 is 0.475. The van der Waals surface area contributed by atoms with Gasteiger partial charge in [0.2, 0.25) is 0 Å². The number of carbonyl (C=O) groups is 4. The molecule has 0 radical (unpaired) electrons. The molecule has 0 saturated carbocycles. The summed E-state index contributed by atoms with van der Waals surface area (Å²) in [6, 6.07) is 4.61. The van der Waals surface area contributed by atoms with Crippen LogP contribution in [0, 0.1) is 0 Å². The van der Waals surface area contributed by atoms with Gasteiger partial charge in [0.25, 0.3) is 11.8 Å². The van der Waals surface area contributed by atoms with Crippen LogP contribution in [0.5, 0.6) is 0 Å². The van der Waals surface area contributed by atoms with Crippen LogP contribution in [-0.2, 0) is 9.59 Å². The second-order valence-electron chi connectivity index (χ2n) is 6.16. The van der Waals surface area contributed by atoms with Crippen LogP contribution in [0.4, 0.5) is 4.79 Å². The average Bonchev–Trinajstić information content (AvgIpc) is 2.91. The zero-order valence-electron chi connectivity index (χ0n) is 15.5. The number of nitrogens with zero attached hydrogens (tertiary/aromatic N) is 1. The predicted molar refractivity (Wildman–Crippen MR) is 113 cm³/mol. The highest BCUT2D eigenvalue weighted by atomic mass is 32.2. The van der Waals surface area contributed by atoms with Gasteiger partial charge in [-0.1, -0.05) is 36.1 Å². The lowest BCUT2D eigenvalue weighted by Gasteiger charge is -2.14. The minimum Gasteiger partial charge on any atom is -0.480 e. The van der Waals surface area contributed by atoms with Crippen LogP contribution in [0.1, 0.15) is 28.8 Å². The molecule has 1 aliphatic heterocycles. The summed E-state index contributed by atoms with van der Waals surface area (Å²) in [7, 11) is 1.61. The maximum absolute atomic E-state index is 12.3. The zero-order chi connectivity index (χ0) is 21.6. The number of carboxylic acid groups (broad SMARTS) is 1. The van der Waals surface area contributed by atoms with Crippen molar-refractivity contribution in [1.29, 1.82) is 0 Å². The van der Waals surface area contributed by atoms with Gasteiger partial charge in [0.15, 0.2) is 0 Å². The van der Waals surface area contributed by atoms with Crippen molar-refractivity contribution in [3.05, 3.63) is 40.3 Å². The Morgan fingerprint density at radius 3 is 2.48 bits per heavy atom. The van der Waals surface area contributed by atoms with Gasteiger partial charge in [-0.2, -0.15) is 0 Å². The number of rotatable bonds is 8. The lowest BCUT2D eigenvalue weighted by Crippen LogP contribution is -2.41. The number of nitrogens with one attached hydrogen (secondary N) is 2. The zero-order valence-corrected chi connectivity index (χ0v) is 17.1. The Bertz CT molecular complexity index is 870. The number of carbonyl (C=O) groups excluding carboxylic acids is 3. The van der Waals surface area contributed by atoms with Crippen molar-refractivity contribution in [3.63, 3.8) is 0 Å². The van der Waals surface area contributed by atoms with Crippen molar-refractivity contribution in [3.8, 4) is 0 Å². The molecule has 1 aliphatic rings. The molecule has 1 fully saturated rings. The van der Waals surface area contributed by atoms with Crippen molar-refractivity contribution < 1.29 is 24.3 Å². The number of hydrogen-bond donors (Lipinski definition) is 4. The molecule has 0 spiro atoms. The number of likely N-dealkylation sites (N-methyl/N-ethyl adjacent to an activating group) is 1. The number of benzene rings is 1. The maximum Gasteiger partial charge on any atom is 0.326 e. The van der Waals surface area contributed by atoms with Crippen LogP contribution < -0.4 is 16.4 Å². The minimum absolute atomic E-state index is 0.137. The molecular formula is C18H20N4O5S2. The van der Waals surface area contributed by atoms with E-state index in [1.54, 1.807) is 37.4 Å². The summed E-state index contributed by atoms with van der Waals surface area (Å²) in [4.78, 5) is 48.2. The van der Waals surface area contributed by atoms with E-state index in [0.29, 0.717) is 21.2 Å². The smallest absolute Gasteiger partial charge is 0.326 e. The van der Waals surface area contributed by atoms with Gasteiger partial charge in [-0.25, -0.2) is 9.59 Å². The molecule has 1 saturated heterocycles. The van der Waals surface area contributed by atoms with Crippen molar-refractivity contribution in [2.24, 2.45) is 5.73 Å². The van der Waals surface area contributed by atoms with Crippen molar-refractivity contribution >= 4 is 58.2 Å². The molecule has 1 atom stereocenters. The van der Waals surface area contributed by atoms with Crippen molar-refractivity contribution in [2.45, 2.75) is 18.9 Å². The fraction of sp³-hybridized carbons (Fsp3) is 0.278. The number of nitrogens with two attached hydrogens (primary N) is 1. The molecule has 4 amide bonds. The van der Waals surface area contributed by atoms with Gasteiger partial charge in [-0.3, -0.25) is 14.5 Å². The summed E-state index contributed by atoms with van der Waals surface area (Å²) in [6.07, 6.45) is 2.16. The molecule has 0 aromatic heterocycles. The fourth-order valence-electron chi connectivity index (χ4n) is 2.44. The summed E-state index contributed by atoms with van der Waals surface area (Å²) in [6.45, 7) is 0.216. The first-order valence-electron chi connectivity index (χ1n) is 8.57. The van der Waals surface area contributed by atoms with Gasteiger partial charge in [-0.05, 0) is 36.6 Å². The lowest BCUT2D eigenvalue weighted by atomic mass is 10.1. The number of hydrogen-bond acceptors (Lipinski definition) is 6. The maximum atomic E-state index is 12.3. The Hall–Kier alpha value is -2.92. The van der Waals surface area contributed by atoms with Gasteiger partial charge >= 0.3 is 12.0 Å². The fourth-order valence-corrected chi connectivity index (χ4v) is 3.62. The summed E-state index contributed by atoms with van der Waals surface area (Å²) in [5, 5.41) is 14.1. The molecule has 1 aromatic rings. The van der Waals surface area contributed by atoms with Crippen LogP contribution in [0.2, 0.25) is 0 Å². The Morgan fingerprint density at radius 1 is 1.31 bits per heavy atom.